The van der Waals surface area contributed by atoms with E-state index in [1.165, 1.54) is 23.6 Å². The number of anilines is 1. The third-order valence-electron chi connectivity index (χ3n) is 3.41. The van der Waals surface area contributed by atoms with Crippen LogP contribution in [0.2, 0.25) is 0 Å². The number of esters is 1. The Labute approximate surface area is 151 Å². The number of nitrogens with one attached hydrogen (secondary N) is 2. The van der Waals surface area contributed by atoms with Crippen LogP contribution in [0.3, 0.4) is 0 Å². The van der Waals surface area contributed by atoms with Crippen LogP contribution in [0.5, 0.6) is 0 Å². The molecule has 1 aromatic carbocycles. The molecule has 26 heavy (non-hydrogen) atoms. The summed E-state index contributed by atoms with van der Waals surface area (Å²) < 4.78 is 45.9. The fourth-order valence-electron chi connectivity index (χ4n) is 2.14. The van der Waals surface area contributed by atoms with Crippen LogP contribution in [-0.4, -0.2) is 35.8 Å². The fourth-order valence-corrected chi connectivity index (χ4v) is 2.89. The number of hydrogen-bond donors (Lipinski definition) is 2. The Morgan fingerprint density at radius 3 is 2.42 bits per heavy atom. The number of thiazole rings is 1. The van der Waals surface area contributed by atoms with Gasteiger partial charge < -0.3 is 15.4 Å². The average molecular weight is 387 g/mol. The quantitative estimate of drug-likeness (QED) is 0.609. The molecular weight excluding hydrogens is 371 g/mol. The summed E-state index contributed by atoms with van der Waals surface area (Å²) in [5.74, 6) is -2.80. The number of carbonyl (C=O) groups excluding carboxylic acids is 2. The number of benzene rings is 1. The molecule has 0 fully saturated rings. The summed E-state index contributed by atoms with van der Waals surface area (Å²) in [5, 5.41) is 5.05. The zero-order chi connectivity index (χ0) is 19.5. The van der Waals surface area contributed by atoms with Crippen molar-refractivity contribution in [3.8, 4) is 0 Å². The smallest absolute Gasteiger partial charge is 0.442 e. The second-order valence-electron chi connectivity index (χ2n) is 5.48. The molecule has 0 unspecified atom stereocenters. The van der Waals surface area contributed by atoms with Gasteiger partial charge in [-0.25, -0.2) is 9.78 Å². The normalized spacial score (nSPS) is 13.6. The standard InChI is InChI=1S/C16H16F3N3O3S/c1-9-5-4-6-11(7-9)12(23)21-15(13(24)25-3,16(17,18)19)22-14-20-10(2)8-26-14/h4-8H,1-3H3,(H,20,22)(H,21,23)/t15-/m0/s1. The molecule has 1 aromatic heterocycles. The lowest BCUT2D eigenvalue weighted by molar-refractivity contribution is -0.203. The van der Waals surface area contributed by atoms with Gasteiger partial charge in [0.1, 0.15) is 0 Å². The number of halogens is 3. The highest BCUT2D eigenvalue weighted by Crippen LogP contribution is 2.34. The number of rotatable bonds is 5. The van der Waals surface area contributed by atoms with E-state index in [0.29, 0.717) is 11.3 Å². The van der Waals surface area contributed by atoms with Crippen LogP contribution in [0.1, 0.15) is 21.6 Å². The van der Waals surface area contributed by atoms with Crippen LogP contribution in [0.15, 0.2) is 29.6 Å². The van der Waals surface area contributed by atoms with Crippen molar-refractivity contribution in [1.82, 2.24) is 10.3 Å². The topological polar surface area (TPSA) is 80.3 Å². The zero-order valence-electron chi connectivity index (χ0n) is 14.1. The van der Waals surface area contributed by atoms with Crippen LogP contribution in [-0.2, 0) is 9.53 Å². The van der Waals surface area contributed by atoms with E-state index < -0.39 is 23.7 Å². The van der Waals surface area contributed by atoms with Gasteiger partial charge in [0.2, 0.25) is 0 Å². The molecule has 6 nitrogen and oxygen atoms in total. The number of aryl methyl sites for hydroxylation is 2. The van der Waals surface area contributed by atoms with E-state index in [9.17, 15) is 22.8 Å². The maximum atomic E-state index is 13.9. The molecule has 0 spiro atoms. The van der Waals surface area contributed by atoms with Gasteiger partial charge in [0.15, 0.2) is 5.13 Å². The van der Waals surface area contributed by atoms with Crippen molar-refractivity contribution in [2.24, 2.45) is 0 Å². The third kappa shape index (κ3) is 3.96. The van der Waals surface area contributed by atoms with Crippen LogP contribution >= 0.6 is 11.3 Å². The zero-order valence-corrected chi connectivity index (χ0v) is 14.9. The molecule has 0 radical (unpaired) electrons. The molecule has 0 aliphatic heterocycles. The van der Waals surface area contributed by atoms with Crippen LogP contribution < -0.4 is 10.6 Å². The Kier molecular flexibility index (Phi) is 5.55. The molecule has 0 aliphatic rings. The number of alkyl halides is 3. The van der Waals surface area contributed by atoms with Gasteiger partial charge >= 0.3 is 17.8 Å². The van der Waals surface area contributed by atoms with Crippen molar-refractivity contribution in [3.63, 3.8) is 0 Å². The maximum Gasteiger partial charge on any atom is 0.442 e. The van der Waals surface area contributed by atoms with Crippen LogP contribution in [0.25, 0.3) is 0 Å². The van der Waals surface area contributed by atoms with E-state index in [0.717, 1.165) is 18.4 Å². The molecule has 0 saturated heterocycles. The molecule has 0 saturated carbocycles. The molecule has 10 heteroatoms. The van der Waals surface area contributed by atoms with Crippen molar-refractivity contribution < 1.29 is 27.5 Å². The largest absolute Gasteiger partial charge is 0.466 e. The first-order valence-corrected chi connectivity index (χ1v) is 8.21. The minimum Gasteiger partial charge on any atom is -0.466 e. The number of hydrogen-bond acceptors (Lipinski definition) is 6. The van der Waals surface area contributed by atoms with Crippen molar-refractivity contribution >= 4 is 28.3 Å². The summed E-state index contributed by atoms with van der Waals surface area (Å²) in [6.07, 6.45) is -5.20. The molecule has 2 rings (SSSR count). The van der Waals surface area contributed by atoms with Gasteiger partial charge in [-0.2, -0.15) is 13.2 Å². The second kappa shape index (κ2) is 7.32. The summed E-state index contributed by atoms with van der Waals surface area (Å²) in [6, 6.07) is 5.95. The Balaban J connectivity index is 2.47. The van der Waals surface area contributed by atoms with Gasteiger partial charge in [-0.1, -0.05) is 17.7 Å². The number of aromatic nitrogens is 1. The lowest BCUT2D eigenvalue weighted by Gasteiger charge is -2.34. The molecule has 0 bridgehead atoms. The SMILES string of the molecule is COC(=O)[C@](NC(=O)c1cccc(C)c1)(Nc1nc(C)cs1)C(F)(F)F. The number of methoxy groups -OCH3 is 1. The van der Waals surface area contributed by atoms with E-state index in [2.05, 4.69) is 9.72 Å². The molecule has 140 valence electrons. The number of nitrogens with zero attached hydrogens (tertiary/aromatic N) is 1. The van der Waals surface area contributed by atoms with E-state index in [1.807, 2.05) is 5.32 Å². The maximum absolute atomic E-state index is 13.9. The minimum atomic E-state index is -5.20. The Morgan fingerprint density at radius 2 is 1.92 bits per heavy atom. The van der Waals surface area contributed by atoms with E-state index >= 15 is 0 Å². The molecule has 2 N–H and O–H groups in total. The number of amides is 1. The number of carbonyl (C=O) groups is 2. The summed E-state index contributed by atoms with van der Waals surface area (Å²) >= 11 is 0.864. The summed E-state index contributed by atoms with van der Waals surface area (Å²) in [5.41, 5.74) is -2.37. The van der Waals surface area contributed by atoms with Crippen molar-refractivity contribution in [3.05, 3.63) is 46.5 Å². The summed E-state index contributed by atoms with van der Waals surface area (Å²) in [4.78, 5) is 28.4. The van der Waals surface area contributed by atoms with Crippen molar-refractivity contribution in [2.45, 2.75) is 25.7 Å². The van der Waals surface area contributed by atoms with Gasteiger partial charge in [0, 0.05) is 10.9 Å². The van der Waals surface area contributed by atoms with E-state index in [-0.39, 0.29) is 10.7 Å². The predicted molar refractivity (Wildman–Crippen MR) is 89.9 cm³/mol. The summed E-state index contributed by atoms with van der Waals surface area (Å²) in [6.45, 7) is 3.27. The lowest BCUT2D eigenvalue weighted by Crippen LogP contribution is -2.69. The van der Waals surface area contributed by atoms with E-state index in [1.54, 1.807) is 25.2 Å². The molecule has 2 aromatic rings. The monoisotopic (exact) mass is 387 g/mol. The van der Waals surface area contributed by atoms with Crippen molar-refractivity contribution in [1.29, 1.82) is 0 Å². The Bertz CT molecular complexity index is 822. The van der Waals surface area contributed by atoms with Crippen LogP contribution in [0.4, 0.5) is 18.3 Å². The highest BCUT2D eigenvalue weighted by Gasteiger charge is 2.64. The van der Waals surface area contributed by atoms with Crippen molar-refractivity contribution in [2.75, 3.05) is 12.4 Å². The van der Waals surface area contributed by atoms with Gasteiger partial charge in [0.05, 0.1) is 12.8 Å². The first kappa shape index (κ1) is 19.7. The first-order chi connectivity index (χ1) is 12.1. The molecule has 1 heterocycles. The average Bonchev–Trinajstić information content (AvgIpc) is 2.97. The minimum absolute atomic E-state index is 0.0281. The van der Waals surface area contributed by atoms with Gasteiger partial charge in [-0.3, -0.25) is 4.79 Å². The fraction of sp³-hybridized carbons (Fsp3) is 0.312. The first-order valence-electron chi connectivity index (χ1n) is 7.33. The third-order valence-corrected chi connectivity index (χ3v) is 4.29. The summed E-state index contributed by atoms with van der Waals surface area (Å²) in [7, 11) is 0.802. The predicted octanol–water partition coefficient (Wildman–Crippen LogP) is 3.03. The highest BCUT2D eigenvalue weighted by atomic mass is 32.1. The Morgan fingerprint density at radius 1 is 1.23 bits per heavy atom. The van der Waals surface area contributed by atoms with Crippen LogP contribution in [0, 0.1) is 13.8 Å². The lowest BCUT2D eigenvalue weighted by atomic mass is 10.1. The van der Waals surface area contributed by atoms with Gasteiger partial charge in [-0.15, -0.1) is 11.3 Å². The molecule has 1 amide bonds. The van der Waals surface area contributed by atoms with Gasteiger partial charge in [-0.05, 0) is 26.0 Å². The van der Waals surface area contributed by atoms with E-state index in [4.69, 9.17) is 0 Å². The van der Waals surface area contributed by atoms with Gasteiger partial charge in [0.25, 0.3) is 5.91 Å². The highest BCUT2D eigenvalue weighted by molar-refractivity contribution is 7.13. The molecule has 1 atom stereocenters. The second-order valence-corrected chi connectivity index (χ2v) is 6.34. The molecular formula is C16H16F3N3O3S. The Hall–Kier alpha value is -2.62. The molecule has 0 aliphatic carbocycles. The number of ether oxygens (including phenoxy) is 1.